The summed E-state index contributed by atoms with van der Waals surface area (Å²) in [5.41, 5.74) is 2.83. The highest BCUT2D eigenvalue weighted by atomic mass is 35.5. The Kier molecular flexibility index (Phi) is 6.58. The summed E-state index contributed by atoms with van der Waals surface area (Å²) < 4.78 is 0. The molecule has 0 bridgehead atoms. The molecule has 0 aliphatic carbocycles. The largest absolute Gasteiger partial charge is 0.325 e. The van der Waals surface area contributed by atoms with Crippen molar-refractivity contribution >= 4 is 58.3 Å². The number of carbonyl (C=O) groups excluding carboxylic acids is 2. The Hall–Kier alpha value is -1.89. The normalized spacial score (nSPS) is 10.7. The zero-order valence-electron chi connectivity index (χ0n) is 11.9. The molecule has 120 valence electrons. The average molecular weight is 370 g/mol. The lowest BCUT2D eigenvalue weighted by molar-refractivity contribution is -0.124. The van der Waals surface area contributed by atoms with Crippen LogP contribution in [0.5, 0.6) is 0 Å². The van der Waals surface area contributed by atoms with Crippen LogP contribution in [0.3, 0.4) is 0 Å². The van der Waals surface area contributed by atoms with Crippen LogP contribution in [0, 0.1) is 0 Å². The van der Waals surface area contributed by atoms with E-state index in [9.17, 15) is 9.59 Å². The number of nitrogens with zero attached hydrogens (tertiary/aromatic N) is 1. The number of amides is 2. The van der Waals surface area contributed by atoms with Gasteiger partial charge in [0.2, 0.25) is 11.8 Å². The van der Waals surface area contributed by atoms with Crippen molar-refractivity contribution in [3.05, 3.63) is 50.6 Å². The van der Waals surface area contributed by atoms with E-state index in [1.165, 1.54) is 17.4 Å². The van der Waals surface area contributed by atoms with E-state index in [2.05, 4.69) is 15.8 Å². The maximum Gasteiger partial charge on any atom is 0.240 e. The minimum atomic E-state index is -0.338. The Morgan fingerprint density at radius 3 is 2.65 bits per heavy atom. The van der Waals surface area contributed by atoms with Crippen molar-refractivity contribution in [1.82, 2.24) is 5.43 Å². The Labute approximate surface area is 147 Å². The first-order valence-corrected chi connectivity index (χ1v) is 8.28. The number of nitrogens with one attached hydrogen (secondary N) is 2. The summed E-state index contributed by atoms with van der Waals surface area (Å²) in [6.45, 7) is 0. The van der Waals surface area contributed by atoms with Crippen molar-refractivity contribution in [3.8, 4) is 0 Å². The van der Waals surface area contributed by atoms with Crippen molar-refractivity contribution in [2.75, 3.05) is 5.32 Å². The molecule has 0 radical (unpaired) electrons. The molecule has 1 heterocycles. The monoisotopic (exact) mass is 369 g/mol. The van der Waals surface area contributed by atoms with Crippen LogP contribution in [0.1, 0.15) is 17.7 Å². The van der Waals surface area contributed by atoms with Gasteiger partial charge in [-0.25, -0.2) is 5.43 Å². The maximum atomic E-state index is 11.8. The lowest BCUT2D eigenvalue weighted by Gasteiger charge is -2.07. The molecule has 0 atom stereocenters. The highest BCUT2D eigenvalue weighted by Gasteiger charge is 2.09. The van der Waals surface area contributed by atoms with Gasteiger partial charge in [0.1, 0.15) is 0 Å². The molecule has 0 aliphatic heterocycles. The van der Waals surface area contributed by atoms with Crippen molar-refractivity contribution < 1.29 is 9.59 Å². The number of anilines is 1. The first-order chi connectivity index (χ1) is 11.0. The molecule has 2 aromatic rings. The fraction of sp³-hybridized carbons (Fsp3) is 0.133. The van der Waals surface area contributed by atoms with Crippen molar-refractivity contribution in [2.24, 2.45) is 5.10 Å². The van der Waals surface area contributed by atoms with E-state index in [-0.39, 0.29) is 24.7 Å². The van der Waals surface area contributed by atoms with E-state index in [1.54, 1.807) is 18.3 Å². The first kappa shape index (κ1) is 17.5. The Balaban J connectivity index is 1.74. The number of carbonyl (C=O) groups is 2. The highest BCUT2D eigenvalue weighted by molar-refractivity contribution is 7.11. The second-order valence-electron chi connectivity index (χ2n) is 4.48. The fourth-order valence-electron chi connectivity index (χ4n) is 1.62. The molecule has 0 saturated heterocycles. The summed E-state index contributed by atoms with van der Waals surface area (Å²) in [7, 11) is 0. The van der Waals surface area contributed by atoms with Gasteiger partial charge in [-0.2, -0.15) is 5.10 Å². The van der Waals surface area contributed by atoms with E-state index in [0.717, 1.165) is 4.88 Å². The van der Waals surface area contributed by atoms with Crippen LogP contribution in [0.2, 0.25) is 10.0 Å². The number of halogens is 2. The second kappa shape index (κ2) is 8.67. The lowest BCUT2D eigenvalue weighted by atomic mass is 10.2. The third kappa shape index (κ3) is 6.02. The SMILES string of the molecule is O=C(CCC(=O)Nc1ccc(Cl)cc1Cl)NN=Cc1cccs1. The third-order valence-corrected chi connectivity index (χ3v) is 4.06. The predicted octanol–water partition coefficient (Wildman–Crippen LogP) is 3.92. The molecule has 2 N–H and O–H groups in total. The van der Waals surface area contributed by atoms with Crippen LogP contribution in [-0.2, 0) is 9.59 Å². The summed E-state index contributed by atoms with van der Waals surface area (Å²) in [4.78, 5) is 24.3. The number of benzene rings is 1. The van der Waals surface area contributed by atoms with Crippen LogP contribution < -0.4 is 10.7 Å². The predicted molar refractivity (Wildman–Crippen MR) is 94.4 cm³/mol. The number of hydrogen-bond donors (Lipinski definition) is 2. The van der Waals surface area contributed by atoms with Gasteiger partial charge in [0, 0.05) is 22.7 Å². The van der Waals surface area contributed by atoms with E-state index in [4.69, 9.17) is 23.2 Å². The maximum absolute atomic E-state index is 11.8. The molecule has 0 unspecified atom stereocenters. The van der Waals surface area contributed by atoms with Crippen LogP contribution >= 0.6 is 34.5 Å². The number of hydrazone groups is 1. The molecule has 5 nitrogen and oxygen atoms in total. The van der Waals surface area contributed by atoms with Crippen LogP contribution in [0.4, 0.5) is 5.69 Å². The summed E-state index contributed by atoms with van der Waals surface area (Å²) in [6, 6.07) is 8.53. The smallest absolute Gasteiger partial charge is 0.240 e. The quantitative estimate of drug-likeness (QED) is 0.598. The van der Waals surface area contributed by atoms with Gasteiger partial charge in [-0.05, 0) is 29.6 Å². The standard InChI is InChI=1S/C15H13Cl2N3O2S/c16-10-3-4-13(12(17)8-10)19-14(21)5-6-15(22)20-18-9-11-2-1-7-23-11/h1-4,7-9H,5-6H2,(H,19,21)(H,20,22). The number of hydrogen-bond acceptors (Lipinski definition) is 4. The van der Waals surface area contributed by atoms with Crippen molar-refractivity contribution in [2.45, 2.75) is 12.8 Å². The Morgan fingerprint density at radius 2 is 1.96 bits per heavy atom. The molecule has 1 aromatic heterocycles. The molecule has 0 aliphatic rings. The highest BCUT2D eigenvalue weighted by Crippen LogP contribution is 2.25. The van der Waals surface area contributed by atoms with Gasteiger partial charge in [-0.1, -0.05) is 29.3 Å². The van der Waals surface area contributed by atoms with E-state index in [1.807, 2.05) is 17.5 Å². The molecular weight excluding hydrogens is 357 g/mol. The van der Waals surface area contributed by atoms with Gasteiger partial charge < -0.3 is 5.32 Å². The van der Waals surface area contributed by atoms with Gasteiger partial charge >= 0.3 is 0 Å². The number of thiophene rings is 1. The Morgan fingerprint density at radius 1 is 1.17 bits per heavy atom. The summed E-state index contributed by atoms with van der Waals surface area (Å²) in [5.74, 6) is -0.651. The minimum Gasteiger partial charge on any atom is -0.325 e. The molecule has 8 heteroatoms. The van der Waals surface area contributed by atoms with Gasteiger partial charge in [-0.3, -0.25) is 9.59 Å². The zero-order chi connectivity index (χ0) is 16.7. The minimum absolute atomic E-state index is 0.0266. The lowest BCUT2D eigenvalue weighted by Crippen LogP contribution is -2.20. The molecule has 0 fully saturated rings. The second-order valence-corrected chi connectivity index (χ2v) is 6.30. The molecular formula is C15H13Cl2N3O2S. The molecule has 23 heavy (non-hydrogen) atoms. The van der Waals surface area contributed by atoms with Gasteiger partial charge in [0.25, 0.3) is 0 Å². The molecule has 0 spiro atoms. The summed E-state index contributed by atoms with van der Waals surface area (Å²) in [5, 5.41) is 9.18. The van der Waals surface area contributed by atoms with E-state index < -0.39 is 0 Å². The van der Waals surface area contributed by atoms with E-state index >= 15 is 0 Å². The average Bonchev–Trinajstić information content (AvgIpc) is 3.01. The van der Waals surface area contributed by atoms with Gasteiger partial charge in [0.15, 0.2) is 0 Å². The van der Waals surface area contributed by atoms with Crippen LogP contribution in [0.15, 0.2) is 40.8 Å². The first-order valence-electron chi connectivity index (χ1n) is 6.65. The van der Waals surface area contributed by atoms with Crippen molar-refractivity contribution in [3.63, 3.8) is 0 Å². The molecule has 1 aromatic carbocycles. The topological polar surface area (TPSA) is 70.6 Å². The molecule has 2 amide bonds. The third-order valence-electron chi connectivity index (χ3n) is 2.71. The number of rotatable bonds is 6. The fourth-order valence-corrected chi connectivity index (χ4v) is 2.66. The van der Waals surface area contributed by atoms with Gasteiger partial charge in [-0.15, -0.1) is 11.3 Å². The van der Waals surface area contributed by atoms with Crippen LogP contribution in [0.25, 0.3) is 0 Å². The zero-order valence-corrected chi connectivity index (χ0v) is 14.2. The van der Waals surface area contributed by atoms with E-state index in [0.29, 0.717) is 15.7 Å². The summed E-state index contributed by atoms with van der Waals surface area (Å²) in [6.07, 6.45) is 1.61. The van der Waals surface area contributed by atoms with Crippen LogP contribution in [-0.4, -0.2) is 18.0 Å². The molecule has 0 saturated carbocycles. The summed E-state index contributed by atoms with van der Waals surface area (Å²) >= 11 is 13.2. The van der Waals surface area contributed by atoms with Crippen molar-refractivity contribution in [1.29, 1.82) is 0 Å². The van der Waals surface area contributed by atoms with Gasteiger partial charge in [0.05, 0.1) is 16.9 Å². The Bertz CT molecular complexity index is 718. The molecule has 2 rings (SSSR count).